The van der Waals surface area contributed by atoms with E-state index in [9.17, 15) is 9.18 Å². The lowest BCUT2D eigenvalue weighted by atomic mass is 10.1. The number of hydrogen-bond donors (Lipinski definition) is 0. The average molecular weight is 276 g/mol. The summed E-state index contributed by atoms with van der Waals surface area (Å²) >= 11 is 11.4. The molecule has 2 rings (SSSR count). The number of carbonyl (C=O) groups excluding carboxylic acids is 1. The largest absolute Gasteiger partial charge is 0.338 e. The summed E-state index contributed by atoms with van der Waals surface area (Å²) in [6.45, 7) is 0.854. The second-order valence-electron chi connectivity index (χ2n) is 4.21. The Balaban J connectivity index is 2.11. The van der Waals surface area contributed by atoms with Gasteiger partial charge in [-0.2, -0.15) is 0 Å². The van der Waals surface area contributed by atoms with E-state index in [4.69, 9.17) is 23.2 Å². The van der Waals surface area contributed by atoms with E-state index in [-0.39, 0.29) is 23.4 Å². The highest BCUT2D eigenvalue weighted by atomic mass is 35.5. The van der Waals surface area contributed by atoms with E-state index in [0.717, 1.165) is 0 Å². The van der Waals surface area contributed by atoms with Crippen molar-refractivity contribution in [1.82, 2.24) is 4.90 Å². The highest BCUT2D eigenvalue weighted by Gasteiger charge is 2.29. The molecule has 0 spiro atoms. The first-order valence-corrected chi connectivity index (χ1v) is 6.29. The topological polar surface area (TPSA) is 20.3 Å². The standard InChI is InChI=1S/C12H12Cl2FNO/c13-5-8-4-11(17)16(6-8)7-9-2-1-3-10(14)12(9)15/h1-3,8H,4-7H2. The van der Waals surface area contributed by atoms with E-state index in [1.807, 2.05) is 0 Å². The minimum Gasteiger partial charge on any atom is -0.338 e. The first kappa shape index (κ1) is 12.7. The number of carbonyl (C=O) groups is 1. The molecule has 1 unspecified atom stereocenters. The first-order valence-electron chi connectivity index (χ1n) is 5.38. The predicted octanol–water partition coefficient (Wildman–Crippen LogP) is 3.07. The van der Waals surface area contributed by atoms with Crippen LogP contribution >= 0.6 is 23.2 Å². The van der Waals surface area contributed by atoms with Gasteiger partial charge in [0.05, 0.1) is 5.02 Å². The van der Waals surface area contributed by atoms with Gasteiger partial charge >= 0.3 is 0 Å². The number of likely N-dealkylation sites (tertiary alicyclic amines) is 1. The van der Waals surface area contributed by atoms with Gasteiger partial charge in [0.25, 0.3) is 0 Å². The monoisotopic (exact) mass is 275 g/mol. The van der Waals surface area contributed by atoms with Gasteiger partial charge in [-0.25, -0.2) is 4.39 Å². The highest BCUT2D eigenvalue weighted by molar-refractivity contribution is 6.30. The Morgan fingerprint density at radius 3 is 2.88 bits per heavy atom. The third-order valence-electron chi connectivity index (χ3n) is 2.91. The van der Waals surface area contributed by atoms with Crippen LogP contribution in [0.5, 0.6) is 0 Å². The summed E-state index contributed by atoms with van der Waals surface area (Å²) in [6.07, 6.45) is 0.450. The van der Waals surface area contributed by atoms with Gasteiger partial charge in [-0.1, -0.05) is 23.7 Å². The summed E-state index contributed by atoms with van der Waals surface area (Å²) in [5, 5.41) is 0.0861. The Bertz CT molecular complexity index is 439. The SMILES string of the molecule is O=C1CC(CCl)CN1Cc1cccc(Cl)c1F. The Labute approximate surface area is 109 Å². The smallest absolute Gasteiger partial charge is 0.223 e. The zero-order valence-corrected chi connectivity index (χ0v) is 10.6. The number of halogens is 3. The number of rotatable bonds is 3. The zero-order valence-electron chi connectivity index (χ0n) is 9.13. The minimum atomic E-state index is -0.448. The second-order valence-corrected chi connectivity index (χ2v) is 4.93. The fourth-order valence-electron chi connectivity index (χ4n) is 1.99. The Morgan fingerprint density at radius 2 is 2.24 bits per heavy atom. The normalized spacial score (nSPS) is 20.1. The van der Waals surface area contributed by atoms with E-state index < -0.39 is 5.82 Å². The van der Waals surface area contributed by atoms with Crippen molar-refractivity contribution in [2.45, 2.75) is 13.0 Å². The lowest BCUT2D eigenvalue weighted by molar-refractivity contribution is -0.128. The van der Waals surface area contributed by atoms with Gasteiger partial charge in [0.1, 0.15) is 5.82 Å². The van der Waals surface area contributed by atoms with Gasteiger partial charge in [0.15, 0.2) is 0 Å². The van der Waals surface area contributed by atoms with Crippen LogP contribution in [-0.4, -0.2) is 23.2 Å². The average Bonchev–Trinajstić information content (AvgIpc) is 2.66. The number of alkyl halides is 1. The maximum Gasteiger partial charge on any atom is 0.223 e. The summed E-state index contributed by atoms with van der Waals surface area (Å²) in [5.74, 6) is 0.206. The fraction of sp³-hybridized carbons (Fsp3) is 0.417. The van der Waals surface area contributed by atoms with Gasteiger partial charge in [-0.3, -0.25) is 4.79 Å². The Kier molecular flexibility index (Phi) is 3.89. The Hall–Kier alpha value is -0.800. The molecule has 5 heteroatoms. The van der Waals surface area contributed by atoms with Crippen molar-refractivity contribution in [3.8, 4) is 0 Å². The van der Waals surface area contributed by atoms with Crippen molar-refractivity contribution in [2.24, 2.45) is 5.92 Å². The third-order valence-corrected chi connectivity index (χ3v) is 3.63. The molecule has 1 fully saturated rings. The molecule has 1 saturated heterocycles. The summed E-state index contributed by atoms with van der Waals surface area (Å²) in [4.78, 5) is 13.3. The molecule has 17 heavy (non-hydrogen) atoms. The van der Waals surface area contributed by atoms with Crippen molar-refractivity contribution in [3.05, 3.63) is 34.6 Å². The molecule has 1 aliphatic rings. The molecule has 1 aliphatic heterocycles. The van der Waals surface area contributed by atoms with Gasteiger partial charge in [-0.05, 0) is 12.0 Å². The Morgan fingerprint density at radius 1 is 1.47 bits per heavy atom. The van der Waals surface area contributed by atoms with Gasteiger partial charge in [-0.15, -0.1) is 11.6 Å². The van der Waals surface area contributed by atoms with E-state index in [0.29, 0.717) is 24.4 Å². The molecule has 1 aromatic carbocycles. The maximum atomic E-state index is 13.7. The first-order chi connectivity index (χ1) is 8.11. The fourth-order valence-corrected chi connectivity index (χ4v) is 2.39. The number of nitrogens with zero attached hydrogens (tertiary/aromatic N) is 1. The molecule has 92 valence electrons. The molecule has 0 aliphatic carbocycles. The van der Waals surface area contributed by atoms with Crippen molar-refractivity contribution < 1.29 is 9.18 Å². The van der Waals surface area contributed by atoms with E-state index in [2.05, 4.69) is 0 Å². The van der Waals surface area contributed by atoms with Gasteiger partial charge in [0, 0.05) is 31.0 Å². The van der Waals surface area contributed by atoms with Crippen LogP contribution in [0, 0.1) is 11.7 Å². The molecule has 1 atom stereocenters. The maximum absolute atomic E-state index is 13.7. The van der Waals surface area contributed by atoms with Crippen molar-refractivity contribution in [1.29, 1.82) is 0 Å². The molecule has 1 amide bonds. The van der Waals surface area contributed by atoms with Crippen LogP contribution in [0.1, 0.15) is 12.0 Å². The van der Waals surface area contributed by atoms with Gasteiger partial charge < -0.3 is 4.90 Å². The molecule has 0 bridgehead atoms. The van der Waals surface area contributed by atoms with Crippen LogP contribution in [0.25, 0.3) is 0 Å². The van der Waals surface area contributed by atoms with Crippen molar-refractivity contribution >= 4 is 29.1 Å². The molecule has 2 nitrogen and oxygen atoms in total. The number of amides is 1. The van der Waals surface area contributed by atoms with Crippen LogP contribution in [0.2, 0.25) is 5.02 Å². The number of hydrogen-bond acceptors (Lipinski definition) is 1. The number of benzene rings is 1. The van der Waals surface area contributed by atoms with Gasteiger partial charge in [0.2, 0.25) is 5.91 Å². The molecule has 0 aromatic heterocycles. The zero-order chi connectivity index (χ0) is 12.4. The van der Waals surface area contributed by atoms with E-state index in [1.54, 1.807) is 17.0 Å². The van der Waals surface area contributed by atoms with Crippen molar-refractivity contribution in [3.63, 3.8) is 0 Å². The highest BCUT2D eigenvalue weighted by Crippen LogP contribution is 2.24. The molecule has 1 heterocycles. The van der Waals surface area contributed by atoms with Crippen LogP contribution in [0.3, 0.4) is 0 Å². The second kappa shape index (κ2) is 5.23. The minimum absolute atomic E-state index is 0.0232. The predicted molar refractivity (Wildman–Crippen MR) is 65.7 cm³/mol. The van der Waals surface area contributed by atoms with Crippen LogP contribution in [-0.2, 0) is 11.3 Å². The molecule has 0 radical (unpaired) electrons. The van der Waals surface area contributed by atoms with E-state index in [1.165, 1.54) is 6.07 Å². The quantitative estimate of drug-likeness (QED) is 0.777. The van der Waals surface area contributed by atoms with Crippen LogP contribution in [0.4, 0.5) is 4.39 Å². The molecular weight excluding hydrogens is 264 g/mol. The summed E-state index contributed by atoms with van der Waals surface area (Å²) in [7, 11) is 0. The summed E-state index contributed by atoms with van der Waals surface area (Å²) in [5.41, 5.74) is 0.445. The molecule has 0 saturated carbocycles. The van der Waals surface area contributed by atoms with E-state index >= 15 is 0 Å². The van der Waals surface area contributed by atoms with Crippen LogP contribution < -0.4 is 0 Å². The lowest BCUT2D eigenvalue weighted by Crippen LogP contribution is -2.25. The van der Waals surface area contributed by atoms with Crippen molar-refractivity contribution in [2.75, 3.05) is 12.4 Å². The molecular formula is C12H12Cl2FNO. The summed E-state index contributed by atoms with van der Waals surface area (Å²) < 4.78 is 13.7. The third kappa shape index (κ3) is 2.72. The summed E-state index contributed by atoms with van der Waals surface area (Å²) in [6, 6.07) is 4.82. The molecule has 1 aromatic rings. The van der Waals surface area contributed by atoms with Crippen LogP contribution in [0.15, 0.2) is 18.2 Å². The molecule has 0 N–H and O–H groups in total. The lowest BCUT2D eigenvalue weighted by Gasteiger charge is -2.17.